The normalized spacial score (nSPS) is 24.2. The molecular formula is C33H32F2N8O4S. The molecule has 3 atom stereocenters. The number of likely N-dealkylation sites (N-methyl/N-ethyl adjacent to an activating group) is 1. The molecule has 4 fully saturated rings. The van der Waals surface area contributed by atoms with Crippen molar-refractivity contribution in [2.45, 2.75) is 57.1 Å². The number of fused-ring (bicyclic) bond motifs is 6. The summed E-state index contributed by atoms with van der Waals surface area (Å²) in [5.74, 6) is -1.20. The minimum atomic E-state index is -0.734. The first-order valence-electron chi connectivity index (χ1n) is 16.1. The fraction of sp³-hybridized carbons (Fsp3) is 0.485. The summed E-state index contributed by atoms with van der Waals surface area (Å²) in [6.07, 6.45) is 4.93. The number of nitriles is 1. The van der Waals surface area contributed by atoms with Gasteiger partial charge in [-0.3, -0.25) is 14.7 Å². The number of ether oxygens (including phenoxy) is 3. The lowest BCUT2D eigenvalue weighted by Crippen LogP contribution is -2.42. The van der Waals surface area contributed by atoms with Crippen LogP contribution in [0.25, 0.3) is 32.2 Å². The van der Waals surface area contributed by atoms with Crippen LogP contribution < -0.4 is 15.8 Å². The van der Waals surface area contributed by atoms with E-state index in [1.165, 1.54) is 0 Å². The molecule has 1 aromatic carbocycles. The minimum Gasteiger partial charge on any atom is -0.463 e. The van der Waals surface area contributed by atoms with Crippen molar-refractivity contribution < 1.29 is 27.8 Å². The van der Waals surface area contributed by atoms with Crippen molar-refractivity contribution in [1.29, 1.82) is 5.26 Å². The van der Waals surface area contributed by atoms with Crippen LogP contribution in [-0.4, -0.2) is 88.7 Å². The second kappa shape index (κ2) is 10.9. The van der Waals surface area contributed by atoms with E-state index in [1.54, 1.807) is 11.9 Å². The SMILES string of the molecule is CN1CCC(Nc2nc(OCC3(CN4CC5CC4CO5)CC3)nc3c(F)c(-c4ncc(F)c5sc(N)c(C#N)c45)c4c(c23)COC4)C1=O. The van der Waals surface area contributed by atoms with Gasteiger partial charge in [0.25, 0.3) is 0 Å². The number of anilines is 2. The molecule has 7 heterocycles. The highest BCUT2D eigenvalue weighted by atomic mass is 32.1. The maximum Gasteiger partial charge on any atom is 0.319 e. The van der Waals surface area contributed by atoms with Crippen molar-refractivity contribution in [1.82, 2.24) is 24.8 Å². The van der Waals surface area contributed by atoms with Gasteiger partial charge in [-0.1, -0.05) is 0 Å². The third-order valence-electron chi connectivity index (χ3n) is 10.6. The molecule has 1 aliphatic carbocycles. The van der Waals surface area contributed by atoms with Gasteiger partial charge in [0.2, 0.25) is 5.91 Å². The number of hydrogen-bond donors (Lipinski definition) is 2. The van der Waals surface area contributed by atoms with Gasteiger partial charge >= 0.3 is 6.01 Å². The number of thiophene rings is 1. The molecule has 2 bridgehead atoms. The van der Waals surface area contributed by atoms with E-state index in [2.05, 4.69) is 20.2 Å². The number of benzene rings is 1. The number of halogens is 2. The number of morpholine rings is 1. The molecule has 3 saturated heterocycles. The standard InChI is InChI=1S/C33H32F2N8O4S/c1-42-5-2-21(31(42)44)39-30-24-19-12-45-11-18(19)22(26-23-17(7-36)29(37)48-28(23)20(34)8-38-26)25(35)27(24)40-32(41-30)47-14-33(3-4-33)13-43-9-16-6-15(43)10-46-16/h8,15-16,21H,2-6,9-14,37H2,1H3,(H,39,40,41). The van der Waals surface area contributed by atoms with Gasteiger partial charge in [0, 0.05) is 49.1 Å². The smallest absolute Gasteiger partial charge is 0.319 e. The summed E-state index contributed by atoms with van der Waals surface area (Å²) in [5.41, 5.74) is 7.31. The predicted octanol–water partition coefficient (Wildman–Crippen LogP) is 3.94. The number of nitrogens with one attached hydrogen (secondary N) is 1. The summed E-state index contributed by atoms with van der Waals surface area (Å²) >= 11 is 0.919. The number of nitrogen functional groups attached to an aromatic ring is 1. The van der Waals surface area contributed by atoms with E-state index in [0.29, 0.717) is 48.2 Å². The fourth-order valence-corrected chi connectivity index (χ4v) is 8.70. The van der Waals surface area contributed by atoms with Crippen molar-refractivity contribution in [3.8, 4) is 23.3 Å². The second-order valence-corrected chi connectivity index (χ2v) is 14.7. The van der Waals surface area contributed by atoms with Crippen LogP contribution in [0.5, 0.6) is 6.01 Å². The molecule has 1 saturated carbocycles. The molecule has 4 aliphatic heterocycles. The van der Waals surface area contributed by atoms with Crippen LogP contribution in [-0.2, 0) is 27.5 Å². The summed E-state index contributed by atoms with van der Waals surface area (Å²) in [4.78, 5) is 30.8. The number of hydrogen-bond acceptors (Lipinski definition) is 12. The first-order valence-corrected chi connectivity index (χ1v) is 16.9. The monoisotopic (exact) mass is 674 g/mol. The molecule has 4 aromatic rings. The van der Waals surface area contributed by atoms with Gasteiger partial charge < -0.3 is 30.2 Å². The van der Waals surface area contributed by atoms with Gasteiger partial charge in [0.15, 0.2) is 11.6 Å². The lowest BCUT2D eigenvalue weighted by atomic mass is 9.93. The van der Waals surface area contributed by atoms with E-state index in [1.807, 2.05) is 6.07 Å². The lowest BCUT2D eigenvalue weighted by molar-refractivity contribution is -0.127. The first-order chi connectivity index (χ1) is 23.2. The van der Waals surface area contributed by atoms with Gasteiger partial charge in [-0.15, -0.1) is 11.3 Å². The highest BCUT2D eigenvalue weighted by molar-refractivity contribution is 7.23. The Labute approximate surface area is 277 Å². The van der Waals surface area contributed by atoms with Gasteiger partial charge in [0.05, 0.1) is 60.1 Å². The highest BCUT2D eigenvalue weighted by Crippen LogP contribution is 2.49. The van der Waals surface area contributed by atoms with Gasteiger partial charge in [-0.25, -0.2) is 8.78 Å². The zero-order chi connectivity index (χ0) is 32.9. The Morgan fingerprint density at radius 2 is 2.08 bits per heavy atom. The highest BCUT2D eigenvalue weighted by Gasteiger charge is 2.49. The number of nitrogens with zero attached hydrogens (tertiary/aromatic N) is 6. The van der Waals surface area contributed by atoms with Crippen LogP contribution in [0.1, 0.15) is 42.4 Å². The summed E-state index contributed by atoms with van der Waals surface area (Å²) in [6.45, 7) is 3.69. The maximum absolute atomic E-state index is 17.2. The number of nitrogens with two attached hydrogens (primary N) is 1. The molecule has 48 heavy (non-hydrogen) atoms. The molecule has 9 rings (SSSR count). The van der Waals surface area contributed by atoms with Crippen molar-refractivity contribution in [2.24, 2.45) is 5.41 Å². The topological polar surface area (TPSA) is 152 Å². The van der Waals surface area contributed by atoms with E-state index in [9.17, 15) is 14.4 Å². The van der Waals surface area contributed by atoms with Crippen molar-refractivity contribution in [3.05, 3.63) is 34.5 Å². The third kappa shape index (κ3) is 4.61. The zero-order valence-corrected chi connectivity index (χ0v) is 27.0. The Hall–Kier alpha value is -4.23. The molecular weight excluding hydrogens is 642 g/mol. The van der Waals surface area contributed by atoms with Gasteiger partial charge in [-0.05, 0) is 36.8 Å². The van der Waals surface area contributed by atoms with Crippen molar-refractivity contribution in [3.63, 3.8) is 0 Å². The molecule has 0 spiro atoms. The van der Waals surface area contributed by atoms with Crippen LogP contribution >= 0.6 is 11.3 Å². The van der Waals surface area contributed by atoms with Crippen molar-refractivity contribution in [2.75, 3.05) is 50.9 Å². The van der Waals surface area contributed by atoms with Gasteiger partial charge in [-0.2, -0.15) is 15.2 Å². The van der Waals surface area contributed by atoms with Crippen LogP contribution in [0.3, 0.4) is 0 Å². The molecule has 5 aliphatic rings. The first kappa shape index (κ1) is 29.9. The van der Waals surface area contributed by atoms with E-state index < -0.39 is 17.7 Å². The third-order valence-corrected chi connectivity index (χ3v) is 11.6. The van der Waals surface area contributed by atoms with Gasteiger partial charge in [0.1, 0.15) is 28.4 Å². The van der Waals surface area contributed by atoms with E-state index in [0.717, 1.165) is 56.5 Å². The number of pyridine rings is 1. The number of amides is 1. The van der Waals surface area contributed by atoms with Crippen molar-refractivity contribution >= 4 is 49.1 Å². The lowest BCUT2D eigenvalue weighted by Gasteiger charge is -2.30. The Kier molecular flexibility index (Phi) is 6.78. The quantitative estimate of drug-likeness (QED) is 0.280. The molecule has 248 valence electrons. The van der Waals surface area contributed by atoms with Crippen LogP contribution in [0.15, 0.2) is 6.20 Å². The maximum atomic E-state index is 17.2. The fourth-order valence-electron chi connectivity index (χ4n) is 7.78. The number of carbonyl (C=O) groups is 1. The summed E-state index contributed by atoms with van der Waals surface area (Å²) in [5, 5.41) is 13.9. The Morgan fingerprint density at radius 3 is 2.79 bits per heavy atom. The predicted molar refractivity (Wildman–Crippen MR) is 172 cm³/mol. The average molecular weight is 675 g/mol. The minimum absolute atomic E-state index is 0.0141. The molecule has 3 aromatic heterocycles. The molecule has 3 unspecified atom stereocenters. The second-order valence-electron chi connectivity index (χ2n) is 13.6. The summed E-state index contributed by atoms with van der Waals surface area (Å²) < 4.78 is 50.2. The average Bonchev–Trinajstić information content (AvgIpc) is 3.61. The summed E-state index contributed by atoms with van der Waals surface area (Å²) in [6, 6.07) is 1.90. The largest absolute Gasteiger partial charge is 0.463 e. The van der Waals surface area contributed by atoms with Crippen LogP contribution in [0.2, 0.25) is 0 Å². The Bertz CT molecular complexity index is 2080. The molecule has 12 nitrogen and oxygen atoms in total. The molecule has 3 N–H and O–H groups in total. The summed E-state index contributed by atoms with van der Waals surface area (Å²) in [7, 11) is 1.74. The van der Waals surface area contributed by atoms with E-state index in [4.69, 9.17) is 24.9 Å². The van der Waals surface area contributed by atoms with Crippen LogP contribution in [0, 0.1) is 28.4 Å². The molecule has 15 heteroatoms. The number of likely N-dealkylation sites (tertiary alicyclic amines) is 2. The molecule has 0 radical (unpaired) electrons. The van der Waals surface area contributed by atoms with E-state index >= 15 is 4.39 Å². The number of carbonyl (C=O) groups excluding carboxylic acids is 1. The number of rotatable bonds is 8. The number of aromatic nitrogens is 3. The van der Waals surface area contributed by atoms with Crippen LogP contribution in [0.4, 0.5) is 19.6 Å². The Morgan fingerprint density at radius 1 is 1.25 bits per heavy atom. The Balaban J connectivity index is 1.17. The molecule has 1 amide bonds. The van der Waals surface area contributed by atoms with E-state index in [-0.39, 0.29) is 73.8 Å². The zero-order valence-electron chi connectivity index (χ0n) is 26.1.